The van der Waals surface area contributed by atoms with Gasteiger partial charge < -0.3 is 5.32 Å². The Kier molecular flexibility index (Phi) is 6.59. The van der Waals surface area contributed by atoms with Gasteiger partial charge in [-0.3, -0.25) is 14.9 Å². The maximum absolute atomic E-state index is 11.7. The zero-order valence-electron chi connectivity index (χ0n) is 10.3. The third-order valence-electron chi connectivity index (χ3n) is 2.42. The van der Waals surface area contributed by atoms with Gasteiger partial charge in [0, 0.05) is 35.3 Å². The summed E-state index contributed by atoms with van der Waals surface area (Å²) < 4.78 is 0.502. The van der Waals surface area contributed by atoms with Crippen LogP contribution in [0.15, 0.2) is 27.8 Å². The maximum atomic E-state index is 11.7. The Morgan fingerprint density at radius 2 is 2.20 bits per heavy atom. The summed E-state index contributed by atoms with van der Waals surface area (Å²) in [5, 5.41) is 16.0. The van der Waals surface area contributed by atoms with Gasteiger partial charge in [-0.15, -0.1) is 4.91 Å². The van der Waals surface area contributed by atoms with E-state index in [2.05, 4.69) is 39.1 Å². The molecule has 1 atom stereocenters. The molecule has 0 fully saturated rings. The molecule has 0 aromatic heterocycles. The second-order valence-corrected chi connectivity index (χ2v) is 5.28. The fourth-order valence-electron chi connectivity index (χ4n) is 1.55. The van der Waals surface area contributed by atoms with Gasteiger partial charge in [0.2, 0.25) is 5.91 Å². The van der Waals surface area contributed by atoms with E-state index in [-0.39, 0.29) is 12.1 Å². The second kappa shape index (κ2) is 7.95. The van der Waals surface area contributed by atoms with Crippen LogP contribution in [-0.4, -0.2) is 29.2 Å². The smallest absolute Gasteiger partial charge is 0.270 e. The fourth-order valence-corrected chi connectivity index (χ4v) is 2.19. The topological polar surface area (TPSA) is 102 Å². The van der Waals surface area contributed by atoms with E-state index in [1.807, 2.05) is 0 Å². The van der Waals surface area contributed by atoms with Crippen molar-refractivity contribution in [2.45, 2.75) is 12.5 Å². The number of hydrogen-bond acceptors (Lipinski definition) is 6. The van der Waals surface area contributed by atoms with Crippen molar-refractivity contribution in [3.63, 3.8) is 0 Å². The van der Waals surface area contributed by atoms with Crippen molar-refractivity contribution < 1.29 is 9.72 Å². The minimum Gasteiger partial charge on any atom is -0.353 e. The van der Waals surface area contributed by atoms with Crippen LogP contribution in [0, 0.1) is 15.0 Å². The number of nitrogens with zero attached hydrogens (tertiary/aromatic N) is 2. The number of nitroso groups, excluding NO2 is 1. The Morgan fingerprint density at radius 3 is 2.75 bits per heavy atom. The number of rotatable bonds is 7. The van der Waals surface area contributed by atoms with Crippen molar-refractivity contribution in [1.82, 2.24) is 5.32 Å². The Balaban J connectivity index is 2.87. The normalized spacial score (nSPS) is 11.7. The lowest BCUT2D eigenvalue weighted by molar-refractivity contribution is -0.385. The van der Waals surface area contributed by atoms with E-state index in [0.717, 1.165) is 0 Å². The van der Waals surface area contributed by atoms with Crippen molar-refractivity contribution in [2.75, 3.05) is 12.3 Å². The number of non-ortho nitro benzene ring substituents is 1. The number of thiol groups is 1. The predicted molar refractivity (Wildman–Crippen MR) is 80.9 cm³/mol. The lowest BCUT2D eigenvalue weighted by Gasteiger charge is -2.09. The molecule has 0 aliphatic heterocycles. The van der Waals surface area contributed by atoms with Crippen LogP contribution in [-0.2, 0) is 11.2 Å². The van der Waals surface area contributed by atoms with Crippen LogP contribution in [0.2, 0.25) is 0 Å². The van der Waals surface area contributed by atoms with Gasteiger partial charge in [-0.1, -0.05) is 21.1 Å². The van der Waals surface area contributed by atoms with Crippen LogP contribution in [0.5, 0.6) is 0 Å². The zero-order chi connectivity index (χ0) is 15.1. The second-order valence-electron chi connectivity index (χ2n) is 3.91. The van der Waals surface area contributed by atoms with E-state index in [1.54, 1.807) is 6.07 Å². The van der Waals surface area contributed by atoms with Crippen molar-refractivity contribution in [3.05, 3.63) is 43.3 Å². The first-order valence-corrected chi connectivity index (χ1v) is 7.05. The van der Waals surface area contributed by atoms with Crippen LogP contribution in [0.25, 0.3) is 0 Å². The zero-order valence-corrected chi connectivity index (χ0v) is 12.8. The summed E-state index contributed by atoms with van der Waals surface area (Å²) in [6.07, 6.45) is 0.00217. The average Bonchev–Trinajstić information content (AvgIpc) is 2.41. The number of hydrogen-bond donors (Lipinski definition) is 2. The standard InChI is InChI=1S/C11H12BrN3O4S/c12-8-3-7(4-9(6-8)15(18)19)5-10(14-17)11(16)13-1-2-20/h3-4,6,10,20H,1-2,5H2,(H,13,16). The van der Waals surface area contributed by atoms with Gasteiger partial charge in [-0.05, 0) is 11.6 Å². The van der Waals surface area contributed by atoms with Crippen LogP contribution in [0.1, 0.15) is 5.56 Å². The predicted octanol–water partition coefficient (Wildman–Crippen LogP) is 2.08. The summed E-state index contributed by atoms with van der Waals surface area (Å²) >= 11 is 7.09. The van der Waals surface area contributed by atoms with E-state index >= 15 is 0 Å². The first-order chi connectivity index (χ1) is 9.47. The molecule has 108 valence electrons. The van der Waals surface area contributed by atoms with E-state index in [0.29, 0.717) is 22.3 Å². The van der Waals surface area contributed by atoms with Gasteiger partial charge in [0.15, 0.2) is 6.04 Å². The largest absolute Gasteiger partial charge is 0.353 e. The molecular formula is C11H12BrN3O4S. The van der Waals surface area contributed by atoms with Crippen molar-refractivity contribution in [3.8, 4) is 0 Å². The third kappa shape index (κ3) is 4.89. The Hall–Kier alpha value is -1.48. The molecule has 9 heteroatoms. The lowest BCUT2D eigenvalue weighted by atomic mass is 10.1. The Bertz CT molecular complexity index is 526. The summed E-state index contributed by atoms with van der Waals surface area (Å²) in [5.41, 5.74) is 0.367. The van der Waals surface area contributed by atoms with Gasteiger partial charge in [0.1, 0.15) is 0 Å². The molecule has 1 rings (SSSR count). The lowest BCUT2D eigenvalue weighted by Crippen LogP contribution is -2.35. The molecule has 1 amide bonds. The van der Waals surface area contributed by atoms with Crippen molar-refractivity contribution in [2.24, 2.45) is 5.18 Å². The van der Waals surface area contributed by atoms with Gasteiger partial charge in [0.25, 0.3) is 5.69 Å². The molecule has 0 saturated heterocycles. The van der Waals surface area contributed by atoms with Crippen LogP contribution in [0.3, 0.4) is 0 Å². The summed E-state index contributed by atoms with van der Waals surface area (Å²) in [7, 11) is 0. The van der Waals surface area contributed by atoms with E-state index < -0.39 is 16.9 Å². The molecule has 1 aromatic carbocycles. The number of nitro benzene ring substituents is 1. The highest BCUT2D eigenvalue weighted by Crippen LogP contribution is 2.22. The van der Waals surface area contributed by atoms with Crippen LogP contribution in [0.4, 0.5) is 5.69 Å². The Morgan fingerprint density at radius 1 is 1.50 bits per heavy atom. The number of halogens is 1. The van der Waals surface area contributed by atoms with E-state index in [4.69, 9.17) is 0 Å². The number of nitro groups is 1. The number of nitrogens with one attached hydrogen (secondary N) is 1. The minimum absolute atomic E-state index is 0.00217. The summed E-state index contributed by atoms with van der Waals surface area (Å²) in [6, 6.07) is 3.14. The molecule has 0 radical (unpaired) electrons. The number of carbonyl (C=O) groups is 1. The maximum Gasteiger partial charge on any atom is 0.270 e. The molecule has 0 spiro atoms. The molecule has 1 N–H and O–H groups in total. The molecular weight excluding hydrogens is 350 g/mol. The molecule has 0 aliphatic rings. The molecule has 1 aromatic rings. The van der Waals surface area contributed by atoms with E-state index in [9.17, 15) is 19.8 Å². The summed E-state index contributed by atoms with van der Waals surface area (Å²) in [5.74, 6) is -0.0728. The fraction of sp³-hybridized carbons (Fsp3) is 0.364. The van der Waals surface area contributed by atoms with E-state index in [1.165, 1.54) is 12.1 Å². The molecule has 0 heterocycles. The molecule has 0 saturated carbocycles. The first-order valence-electron chi connectivity index (χ1n) is 5.62. The van der Waals surface area contributed by atoms with Gasteiger partial charge in [-0.25, -0.2) is 0 Å². The summed E-state index contributed by atoms with van der Waals surface area (Å²) in [4.78, 5) is 32.6. The first kappa shape index (κ1) is 16.6. The Labute approximate surface area is 128 Å². The third-order valence-corrected chi connectivity index (χ3v) is 3.10. The quantitative estimate of drug-likeness (QED) is 0.336. The highest BCUT2D eigenvalue weighted by Gasteiger charge is 2.20. The highest BCUT2D eigenvalue weighted by molar-refractivity contribution is 9.10. The van der Waals surface area contributed by atoms with Crippen molar-refractivity contribution >= 4 is 40.2 Å². The number of benzene rings is 1. The monoisotopic (exact) mass is 361 g/mol. The number of amides is 1. The van der Waals surface area contributed by atoms with Gasteiger partial charge in [0.05, 0.1) is 4.92 Å². The minimum atomic E-state index is -1.12. The van der Waals surface area contributed by atoms with Crippen molar-refractivity contribution in [1.29, 1.82) is 0 Å². The van der Waals surface area contributed by atoms with Crippen LogP contribution < -0.4 is 5.32 Å². The summed E-state index contributed by atoms with van der Waals surface area (Å²) in [6.45, 7) is 0.326. The van der Waals surface area contributed by atoms with Crippen LogP contribution >= 0.6 is 28.6 Å². The molecule has 0 aliphatic carbocycles. The van der Waals surface area contributed by atoms with Gasteiger partial charge in [-0.2, -0.15) is 12.6 Å². The molecule has 7 nitrogen and oxygen atoms in total. The highest BCUT2D eigenvalue weighted by atomic mass is 79.9. The van der Waals surface area contributed by atoms with Gasteiger partial charge >= 0.3 is 0 Å². The SMILES string of the molecule is O=NC(Cc1cc(Br)cc([N+](=O)[O-])c1)C(=O)NCCS. The average molecular weight is 362 g/mol. The number of carbonyl (C=O) groups excluding carboxylic acids is 1. The molecule has 20 heavy (non-hydrogen) atoms. The molecule has 1 unspecified atom stereocenters. The molecule has 0 bridgehead atoms.